The molecule has 7 nitrogen and oxygen atoms in total. The predicted molar refractivity (Wildman–Crippen MR) is 124 cm³/mol. The topological polar surface area (TPSA) is 69.5 Å². The van der Waals surface area contributed by atoms with E-state index in [0.717, 1.165) is 43.6 Å². The van der Waals surface area contributed by atoms with E-state index in [1.165, 1.54) is 44.1 Å². The van der Waals surface area contributed by atoms with Crippen LogP contribution in [0.3, 0.4) is 0 Å². The first kappa shape index (κ1) is 20.3. The summed E-state index contributed by atoms with van der Waals surface area (Å²) in [6.45, 7) is 6.10. The highest BCUT2D eigenvalue weighted by Gasteiger charge is 2.20. The van der Waals surface area contributed by atoms with E-state index in [1.54, 1.807) is 6.21 Å². The standard InChI is InChI=1S/C23H31N7/c1-19(20-11-5-2-6-12-20)13-14-24-28-21-25-22(29-15-7-3-8-16-29)27-23(26-21)30-17-9-4-10-18-30/h2,5-6,11-14H,3-4,7-10,15-18H2,1H3,(H,25,26,27,28)/b19-13-,24-14+. The lowest BCUT2D eigenvalue weighted by Gasteiger charge is -2.30. The number of aromatic nitrogens is 3. The third-order valence-electron chi connectivity index (χ3n) is 5.68. The van der Waals surface area contributed by atoms with Gasteiger partial charge in [0.15, 0.2) is 0 Å². The average Bonchev–Trinajstić information content (AvgIpc) is 2.83. The van der Waals surface area contributed by atoms with Crippen molar-refractivity contribution in [3.63, 3.8) is 0 Å². The van der Waals surface area contributed by atoms with Gasteiger partial charge in [0.25, 0.3) is 0 Å². The molecule has 1 aromatic heterocycles. The minimum atomic E-state index is 0.508. The summed E-state index contributed by atoms with van der Waals surface area (Å²) in [5, 5.41) is 4.34. The van der Waals surface area contributed by atoms with Gasteiger partial charge in [-0.15, -0.1) is 0 Å². The molecule has 2 aromatic rings. The van der Waals surface area contributed by atoms with Crippen LogP contribution in [0.25, 0.3) is 5.57 Å². The zero-order chi connectivity index (χ0) is 20.6. The Labute approximate surface area is 178 Å². The maximum Gasteiger partial charge on any atom is 0.250 e. The highest BCUT2D eigenvalue weighted by Crippen LogP contribution is 2.22. The summed E-state index contributed by atoms with van der Waals surface area (Å²) in [5.74, 6) is 2.03. The molecule has 2 saturated heterocycles. The van der Waals surface area contributed by atoms with Crippen LogP contribution in [-0.2, 0) is 0 Å². The zero-order valence-corrected chi connectivity index (χ0v) is 17.8. The molecule has 0 radical (unpaired) electrons. The number of piperidine rings is 2. The summed E-state index contributed by atoms with van der Waals surface area (Å²) in [7, 11) is 0. The number of nitrogens with zero attached hydrogens (tertiary/aromatic N) is 6. The van der Waals surface area contributed by atoms with Crippen molar-refractivity contribution in [3.05, 3.63) is 42.0 Å². The molecule has 0 spiro atoms. The van der Waals surface area contributed by atoms with Gasteiger partial charge in [-0.05, 0) is 62.7 Å². The fourth-order valence-corrected chi connectivity index (χ4v) is 3.92. The maximum atomic E-state index is 4.80. The molecule has 3 heterocycles. The van der Waals surface area contributed by atoms with Crippen molar-refractivity contribution in [3.8, 4) is 0 Å². The number of rotatable bonds is 6. The summed E-state index contributed by atoms with van der Waals surface area (Å²) < 4.78 is 0. The van der Waals surface area contributed by atoms with Gasteiger partial charge in [0, 0.05) is 32.4 Å². The van der Waals surface area contributed by atoms with Crippen LogP contribution in [0.15, 0.2) is 41.5 Å². The van der Waals surface area contributed by atoms with Crippen molar-refractivity contribution in [2.75, 3.05) is 41.4 Å². The van der Waals surface area contributed by atoms with Crippen LogP contribution in [0.2, 0.25) is 0 Å². The summed E-state index contributed by atoms with van der Waals surface area (Å²) in [6, 6.07) is 10.3. The fourth-order valence-electron chi connectivity index (χ4n) is 3.92. The van der Waals surface area contributed by atoms with E-state index in [0.29, 0.717) is 5.95 Å². The van der Waals surface area contributed by atoms with Crippen LogP contribution >= 0.6 is 0 Å². The molecule has 158 valence electrons. The minimum Gasteiger partial charge on any atom is -0.341 e. The van der Waals surface area contributed by atoms with Gasteiger partial charge >= 0.3 is 0 Å². The van der Waals surface area contributed by atoms with E-state index in [-0.39, 0.29) is 0 Å². The van der Waals surface area contributed by atoms with Crippen molar-refractivity contribution >= 4 is 29.6 Å². The molecule has 2 aliphatic rings. The Balaban J connectivity index is 1.50. The first-order chi connectivity index (χ1) is 14.8. The molecule has 2 fully saturated rings. The third-order valence-corrected chi connectivity index (χ3v) is 5.68. The molecule has 1 aromatic carbocycles. The highest BCUT2D eigenvalue weighted by molar-refractivity contribution is 5.84. The fraction of sp³-hybridized carbons (Fsp3) is 0.478. The lowest BCUT2D eigenvalue weighted by molar-refractivity contribution is 0.556. The van der Waals surface area contributed by atoms with E-state index < -0.39 is 0 Å². The van der Waals surface area contributed by atoms with Crippen molar-refractivity contribution in [1.29, 1.82) is 0 Å². The molecule has 0 aliphatic carbocycles. The Bertz CT molecular complexity index is 830. The number of benzene rings is 1. The lowest BCUT2D eigenvalue weighted by atomic mass is 10.1. The van der Waals surface area contributed by atoms with Crippen molar-refractivity contribution < 1.29 is 0 Å². The largest absolute Gasteiger partial charge is 0.341 e. The quantitative estimate of drug-likeness (QED) is 0.569. The van der Waals surface area contributed by atoms with Crippen molar-refractivity contribution in [1.82, 2.24) is 15.0 Å². The number of hydrogen-bond donors (Lipinski definition) is 1. The molecule has 0 saturated carbocycles. The molecule has 30 heavy (non-hydrogen) atoms. The number of anilines is 3. The maximum absolute atomic E-state index is 4.80. The Morgan fingerprint density at radius 2 is 1.40 bits per heavy atom. The number of nitrogens with one attached hydrogen (secondary N) is 1. The van der Waals surface area contributed by atoms with Gasteiger partial charge in [-0.2, -0.15) is 20.1 Å². The average molecular weight is 406 g/mol. The summed E-state index contributed by atoms with van der Waals surface area (Å²) in [6.07, 6.45) is 11.1. The van der Waals surface area contributed by atoms with Crippen LogP contribution in [0.5, 0.6) is 0 Å². The van der Waals surface area contributed by atoms with Gasteiger partial charge in [-0.25, -0.2) is 5.43 Å². The van der Waals surface area contributed by atoms with Crippen LogP contribution in [0.4, 0.5) is 17.8 Å². The zero-order valence-electron chi connectivity index (χ0n) is 17.8. The Morgan fingerprint density at radius 3 is 1.97 bits per heavy atom. The van der Waals surface area contributed by atoms with Crippen LogP contribution in [0.1, 0.15) is 51.0 Å². The Hall–Kier alpha value is -2.96. The van der Waals surface area contributed by atoms with Crippen LogP contribution < -0.4 is 15.2 Å². The summed E-state index contributed by atoms with van der Waals surface area (Å²) in [5.41, 5.74) is 5.36. The molecule has 0 bridgehead atoms. The van der Waals surface area contributed by atoms with Gasteiger partial charge in [0.05, 0.1) is 0 Å². The predicted octanol–water partition coefficient (Wildman–Crippen LogP) is 4.35. The number of allylic oxidation sites excluding steroid dienone is 2. The van der Waals surface area contributed by atoms with Crippen molar-refractivity contribution in [2.45, 2.75) is 45.4 Å². The normalized spacial score (nSPS) is 18.1. The second-order valence-corrected chi connectivity index (χ2v) is 7.96. The van der Waals surface area contributed by atoms with Crippen LogP contribution in [-0.4, -0.2) is 47.3 Å². The van der Waals surface area contributed by atoms with Crippen LogP contribution in [0, 0.1) is 0 Å². The minimum absolute atomic E-state index is 0.508. The molecule has 1 N–H and O–H groups in total. The molecular formula is C23H31N7. The number of hydrazone groups is 1. The SMILES string of the molecule is C/C(=C/C=N/Nc1nc(N2CCCCC2)nc(N2CCCCC2)n1)c1ccccc1. The molecule has 4 rings (SSSR count). The molecule has 0 unspecified atom stereocenters. The third kappa shape index (κ3) is 5.34. The van der Waals surface area contributed by atoms with E-state index in [1.807, 2.05) is 24.3 Å². The van der Waals surface area contributed by atoms with E-state index in [2.05, 4.69) is 49.4 Å². The monoisotopic (exact) mass is 405 g/mol. The van der Waals surface area contributed by atoms with E-state index in [9.17, 15) is 0 Å². The first-order valence-corrected chi connectivity index (χ1v) is 11.1. The van der Waals surface area contributed by atoms with Gasteiger partial charge in [-0.1, -0.05) is 30.3 Å². The highest BCUT2D eigenvalue weighted by atomic mass is 15.4. The summed E-state index contributed by atoms with van der Waals surface area (Å²) >= 11 is 0. The Kier molecular flexibility index (Phi) is 6.90. The molecule has 0 atom stereocenters. The smallest absolute Gasteiger partial charge is 0.250 e. The van der Waals surface area contributed by atoms with E-state index >= 15 is 0 Å². The molecular weight excluding hydrogens is 374 g/mol. The molecule has 7 heteroatoms. The molecule has 2 aliphatic heterocycles. The van der Waals surface area contributed by atoms with Gasteiger partial charge < -0.3 is 9.80 Å². The van der Waals surface area contributed by atoms with Gasteiger partial charge in [-0.3, -0.25) is 0 Å². The second kappa shape index (κ2) is 10.2. The lowest BCUT2D eigenvalue weighted by Crippen LogP contribution is -2.34. The summed E-state index contributed by atoms with van der Waals surface area (Å²) in [4.78, 5) is 18.7. The van der Waals surface area contributed by atoms with E-state index in [4.69, 9.17) is 4.98 Å². The molecule has 0 amide bonds. The van der Waals surface area contributed by atoms with Gasteiger partial charge in [0.2, 0.25) is 17.8 Å². The van der Waals surface area contributed by atoms with Gasteiger partial charge in [0.1, 0.15) is 0 Å². The second-order valence-electron chi connectivity index (χ2n) is 7.96. The number of hydrogen-bond acceptors (Lipinski definition) is 7. The Morgan fingerprint density at radius 1 is 0.833 bits per heavy atom. The first-order valence-electron chi connectivity index (χ1n) is 11.1. The van der Waals surface area contributed by atoms with Crippen molar-refractivity contribution in [2.24, 2.45) is 5.10 Å².